The minimum atomic E-state index is -1.09. The van der Waals surface area contributed by atoms with Gasteiger partial charge in [0.1, 0.15) is 11.4 Å². The first kappa shape index (κ1) is 15.1. The lowest BCUT2D eigenvalue weighted by Crippen LogP contribution is -2.03. The van der Waals surface area contributed by atoms with Crippen molar-refractivity contribution in [1.29, 1.82) is 0 Å². The summed E-state index contributed by atoms with van der Waals surface area (Å²) in [5, 5.41) is 33.1. The van der Waals surface area contributed by atoms with Crippen LogP contribution in [0.25, 0.3) is 23.0 Å². The average molecular weight is 324 g/mol. The van der Waals surface area contributed by atoms with E-state index in [-0.39, 0.29) is 22.8 Å². The fraction of sp³-hybridized carbons (Fsp3) is 0. The summed E-state index contributed by atoms with van der Waals surface area (Å²) in [6, 6.07) is 5.63. The fourth-order valence-electron chi connectivity index (χ4n) is 1.74. The number of aromatic carboxylic acids is 2. The van der Waals surface area contributed by atoms with Crippen LogP contribution in [0.1, 0.15) is 20.7 Å². The van der Waals surface area contributed by atoms with Crippen LogP contribution >= 0.6 is 0 Å². The van der Waals surface area contributed by atoms with E-state index in [1.54, 1.807) is 0 Å². The van der Waals surface area contributed by atoms with Gasteiger partial charge in [-0.1, -0.05) is 0 Å². The molecule has 3 aromatic heterocycles. The number of pyridine rings is 2. The highest BCUT2D eigenvalue weighted by Gasteiger charge is 2.11. The molecule has 0 spiro atoms. The van der Waals surface area contributed by atoms with Crippen LogP contribution < -0.4 is 0 Å². The quantitative estimate of drug-likeness (QED) is 0.704. The zero-order valence-corrected chi connectivity index (χ0v) is 11.9. The van der Waals surface area contributed by atoms with Crippen LogP contribution in [0.5, 0.6) is 0 Å². The van der Waals surface area contributed by atoms with Crippen molar-refractivity contribution < 1.29 is 19.8 Å². The molecule has 10 nitrogen and oxygen atoms in total. The zero-order valence-electron chi connectivity index (χ0n) is 11.9. The smallest absolute Gasteiger partial charge is 0.337 e. The maximum absolute atomic E-state index is 10.8. The molecular formula is C14H8N6O4. The molecule has 3 rings (SSSR count). The highest BCUT2D eigenvalue weighted by molar-refractivity contribution is 5.87. The highest BCUT2D eigenvalue weighted by atomic mass is 16.4. The van der Waals surface area contributed by atoms with Gasteiger partial charge in [-0.15, -0.1) is 20.4 Å². The molecule has 0 fully saturated rings. The Morgan fingerprint density at radius 2 is 1.04 bits per heavy atom. The predicted molar refractivity (Wildman–Crippen MR) is 78.0 cm³/mol. The van der Waals surface area contributed by atoms with Gasteiger partial charge in [0.15, 0.2) is 0 Å². The van der Waals surface area contributed by atoms with Crippen LogP contribution in [0.2, 0.25) is 0 Å². The average Bonchev–Trinajstić information content (AvgIpc) is 2.62. The van der Waals surface area contributed by atoms with Gasteiger partial charge in [0.05, 0.1) is 11.1 Å². The second-order valence-corrected chi connectivity index (χ2v) is 4.52. The van der Waals surface area contributed by atoms with E-state index in [1.165, 1.54) is 36.7 Å². The van der Waals surface area contributed by atoms with Crippen LogP contribution in [-0.2, 0) is 0 Å². The Kier molecular flexibility index (Phi) is 3.85. The van der Waals surface area contributed by atoms with Crippen LogP contribution in [0.15, 0.2) is 36.7 Å². The lowest BCUT2D eigenvalue weighted by Gasteiger charge is -2.01. The lowest BCUT2D eigenvalue weighted by molar-refractivity contribution is 0.0685. The van der Waals surface area contributed by atoms with Gasteiger partial charge in [0, 0.05) is 12.4 Å². The number of hydrogen-bond donors (Lipinski definition) is 2. The number of carboxylic acid groups (broad SMARTS) is 2. The van der Waals surface area contributed by atoms with Gasteiger partial charge in [-0.2, -0.15) is 0 Å². The van der Waals surface area contributed by atoms with Gasteiger partial charge >= 0.3 is 11.9 Å². The molecule has 0 bridgehead atoms. The van der Waals surface area contributed by atoms with Crippen molar-refractivity contribution in [3.05, 3.63) is 47.8 Å². The van der Waals surface area contributed by atoms with E-state index in [9.17, 15) is 9.59 Å². The molecule has 0 aliphatic rings. The summed E-state index contributed by atoms with van der Waals surface area (Å²) < 4.78 is 0. The molecule has 24 heavy (non-hydrogen) atoms. The van der Waals surface area contributed by atoms with Gasteiger partial charge in [-0.05, 0) is 24.3 Å². The fourth-order valence-corrected chi connectivity index (χ4v) is 1.74. The Hall–Kier alpha value is -3.82. The number of carboxylic acids is 2. The molecule has 0 saturated carbocycles. The number of aromatic nitrogens is 6. The second kappa shape index (κ2) is 6.12. The largest absolute Gasteiger partial charge is 0.478 e. The maximum atomic E-state index is 10.8. The number of hydrogen-bond acceptors (Lipinski definition) is 8. The van der Waals surface area contributed by atoms with E-state index >= 15 is 0 Å². The van der Waals surface area contributed by atoms with Gasteiger partial charge in [0.25, 0.3) is 0 Å². The molecule has 118 valence electrons. The van der Waals surface area contributed by atoms with Crippen LogP contribution in [0.4, 0.5) is 0 Å². The third-order valence-corrected chi connectivity index (χ3v) is 2.96. The highest BCUT2D eigenvalue weighted by Crippen LogP contribution is 2.14. The van der Waals surface area contributed by atoms with Crippen molar-refractivity contribution >= 4 is 11.9 Å². The molecule has 0 unspecified atom stereocenters. The van der Waals surface area contributed by atoms with Crippen molar-refractivity contribution in [2.24, 2.45) is 0 Å². The molecule has 3 aromatic rings. The van der Waals surface area contributed by atoms with Gasteiger partial charge < -0.3 is 10.2 Å². The van der Waals surface area contributed by atoms with Crippen molar-refractivity contribution in [2.45, 2.75) is 0 Å². The van der Waals surface area contributed by atoms with Gasteiger partial charge in [-0.3, -0.25) is 9.97 Å². The van der Waals surface area contributed by atoms with E-state index in [2.05, 4.69) is 30.4 Å². The Bertz CT molecular complexity index is 818. The molecule has 0 aliphatic heterocycles. The first-order chi connectivity index (χ1) is 11.5. The third kappa shape index (κ3) is 3.02. The lowest BCUT2D eigenvalue weighted by atomic mass is 10.2. The Morgan fingerprint density at radius 1 is 0.667 bits per heavy atom. The Morgan fingerprint density at radius 3 is 1.29 bits per heavy atom. The first-order valence-corrected chi connectivity index (χ1v) is 6.51. The van der Waals surface area contributed by atoms with Gasteiger partial charge in [0.2, 0.25) is 11.6 Å². The molecule has 0 aliphatic carbocycles. The third-order valence-electron chi connectivity index (χ3n) is 2.96. The maximum Gasteiger partial charge on any atom is 0.337 e. The van der Waals surface area contributed by atoms with Gasteiger partial charge in [-0.25, -0.2) is 9.59 Å². The molecule has 2 N–H and O–H groups in total. The van der Waals surface area contributed by atoms with Crippen molar-refractivity contribution in [1.82, 2.24) is 30.4 Å². The van der Waals surface area contributed by atoms with Crippen molar-refractivity contribution in [2.75, 3.05) is 0 Å². The first-order valence-electron chi connectivity index (χ1n) is 6.51. The van der Waals surface area contributed by atoms with Crippen LogP contribution in [0, 0.1) is 0 Å². The SMILES string of the molecule is O=C(O)c1ccc(-c2nnc(-c3ccc(C(=O)O)cn3)nn2)nc1. The summed E-state index contributed by atoms with van der Waals surface area (Å²) in [7, 11) is 0. The number of carbonyl (C=O) groups is 2. The predicted octanol–water partition coefficient (Wildman–Crippen LogP) is 0.787. The molecule has 0 saturated heterocycles. The number of rotatable bonds is 4. The Balaban J connectivity index is 1.84. The van der Waals surface area contributed by atoms with E-state index < -0.39 is 11.9 Å². The summed E-state index contributed by atoms with van der Waals surface area (Å²) in [6.07, 6.45) is 2.36. The van der Waals surface area contributed by atoms with Crippen molar-refractivity contribution in [3.63, 3.8) is 0 Å². The minimum absolute atomic E-state index is 0.0407. The van der Waals surface area contributed by atoms with E-state index in [0.29, 0.717) is 11.4 Å². The molecule has 10 heteroatoms. The summed E-state index contributed by atoms with van der Waals surface area (Å²) in [5.74, 6) is -1.93. The zero-order chi connectivity index (χ0) is 17.1. The van der Waals surface area contributed by atoms with E-state index in [1.807, 2.05) is 0 Å². The summed E-state index contributed by atoms with van der Waals surface area (Å²) >= 11 is 0. The molecule has 3 heterocycles. The normalized spacial score (nSPS) is 10.3. The molecule has 0 atom stereocenters. The van der Waals surface area contributed by atoms with E-state index in [4.69, 9.17) is 10.2 Å². The molecule has 0 radical (unpaired) electrons. The monoisotopic (exact) mass is 324 g/mol. The minimum Gasteiger partial charge on any atom is -0.478 e. The standard InChI is InChI=1S/C14H8N6O4/c21-13(22)7-1-3-9(15-5-7)11-17-19-12(20-18-11)10-4-2-8(6-16-10)14(23)24/h1-6H,(H,21,22)(H,23,24). The number of nitrogens with zero attached hydrogens (tertiary/aromatic N) is 6. The molecule has 0 aromatic carbocycles. The summed E-state index contributed by atoms with van der Waals surface area (Å²) in [4.78, 5) is 29.4. The molecule has 0 amide bonds. The van der Waals surface area contributed by atoms with Crippen LogP contribution in [-0.4, -0.2) is 52.5 Å². The van der Waals surface area contributed by atoms with Crippen LogP contribution in [0.3, 0.4) is 0 Å². The molecular weight excluding hydrogens is 316 g/mol. The van der Waals surface area contributed by atoms with Crippen molar-refractivity contribution in [3.8, 4) is 23.0 Å². The summed E-state index contributed by atoms with van der Waals surface area (Å²) in [6.45, 7) is 0. The second-order valence-electron chi connectivity index (χ2n) is 4.52. The Labute approximate surface area is 133 Å². The van der Waals surface area contributed by atoms with E-state index in [0.717, 1.165) is 0 Å². The summed E-state index contributed by atoms with van der Waals surface area (Å²) in [5.41, 5.74) is 0.722. The topological polar surface area (TPSA) is 152 Å².